The van der Waals surface area contributed by atoms with Crippen molar-refractivity contribution in [3.8, 4) is 5.69 Å². The number of fused-ring (bicyclic) bond motifs is 2. The molecule has 252 valence electrons. The van der Waals surface area contributed by atoms with Crippen LogP contribution in [0.4, 0.5) is 14.9 Å². The van der Waals surface area contributed by atoms with Crippen LogP contribution in [0.1, 0.15) is 57.1 Å². The Balaban J connectivity index is 1.20. The van der Waals surface area contributed by atoms with Crippen LogP contribution >= 0.6 is 0 Å². The quantitative estimate of drug-likeness (QED) is 0.394. The van der Waals surface area contributed by atoms with Crippen LogP contribution in [0.25, 0.3) is 5.69 Å². The SMILES string of the molecule is Cc1ccn(-c2ccc(F)cc2NC(=O)O[C@@H]2C[C@H]3C(=O)N[C@]4(C(=O)NS(=O)(=O)C5CC5)C[C@H]4/C=C/CCCCN(C)C(=O)[C@@H]3C2)n1. The number of carbonyl (C=O) groups excluding carboxylic acids is 4. The highest BCUT2D eigenvalue weighted by molar-refractivity contribution is 7.91. The first-order valence-electron chi connectivity index (χ1n) is 16.0. The fourth-order valence-corrected chi connectivity index (χ4v) is 7.90. The van der Waals surface area contributed by atoms with Gasteiger partial charge in [0.2, 0.25) is 21.8 Å². The molecule has 3 saturated carbocycles. The molecule has 47 heavy (non-hydrogen) atoms. The number of sulfonamides is 1. The van der Waals surface area contributed by atoms with E-state index in [1.54, 1.807) is 31.1 Å². The number of hydrogen-bond donors (Lipinski definition) is 3. The van der Waals surface area contributed by atoms with Crippen LogP contribution in [0.5, 0.6) is 0 Å². The molecule has 3 N–H and O–H groups in total. The summed E-state index contributed by atoms with van der Waals surface area (Å²) in [6.45, 7) is 2.27. The summed E-state index contributed by atoms with van der Waals surface area (Å²) >= 11 is 0. The van der Waals surface area contributed by atoms with Gasteiger partial charge in [-0.15, -0.1) is 0 Å². The third kappa shape index (κ3) is 7.04. The number of hydrogen-bond acceptors (Lipinski definition) is 8. The molecule has 5 atom stereocenters. The maximum Gasteiger partial charge on any atom is 0.411 e. The highest BCUT2D eigenvalue weighted by Gasteiger charge is 2.62. The number of anilines is 1. The lowest BCUT2D eigenvalue weighted by Gasteiger charge is -2.26. The van der Waals surface area contributed by atoms with Crippen molar-refractivity contribution in [3.05, 3.63) is 54.1 Å². The Morgan fingerprint density at radius 1 is 1.13 bits per heavy atom. The molecule has 1 aromatic heterocycles. The molecule has 0 unspecified atom stereocenters. The van der Waals surface area contributed by atoms with Gasteiger partial charge in [-0.05, 0) is 82.6 Å². The fraction of sp³-hybridized carbons (Fsp3) is 0.531. The Hall–Kier alpha value is -4.27. The van der Waals surface area contributed by atoms with E-state index < -0.39 is 68.4 Å². The molecular formula is C32H39FN6O7S. The summed E-state index contributed by atoms with van der Waals surface area (Å²) < 4.78 is 48.8. The van der Waals surface area contributed by atoms with Gasteiger partial charge in [-0.2, -0.15) is 5.10 Å². The van der Waals surface area contributed by atoms with Crippen LogP contribution in [0.2, 0.25) is 0 Å². The molecule has 0 bridgehead atoms. The van der Waals surface area contributed by atoms with Crippen molar-refractivity contribution >= 4 is 39.5 Å². The standard InChI is InChI=1S/C32H39FN6O7S/c1-19-12-14-39(36-19)27-11-8-21(33)15-26(27)34-31(43)46-22-16-24-25(17-22)29(41)38(2)13-6-4-3-5-7-20-18-32(20,35-28(24)40)30(42)37-47(44,45)23-9-10-23/h5,7-8,11-12,14-15,20,22-25H,3-4,6,9-10,13,16-18H2,1-2H3,(H,34,43)(H,35,40)(H,37,42)/b7-5+/t20-,22-,24-,25-,32-/m1/s1. The van der Waals surface area contributed by atoms with Crippen LogP contribution in [-0.4, -0.2) is 77.4 Å². The number of benzene rings is 1. The van der Waals surface area contributed by atoms with Crippen LogP contribution in [-0.2, 0) is 29.1 Å². The van der Waals surface area contributed by atoms with Crippen molar-refractivity contribution in [2.24, 2.45) is 17.8 Å². The van der Waals surface area contributed by atoms with Gasteiger partial charge in [-0.3, -0.25) is 24.4 Å². The van der Waals surface area contributed by atoms with E-state index >= 15 is 0 Å². The molecule has 1 aliphatic heterocycles. The lowest BCUT2D eigenvalue weighted by atomic mass is 9.93. The number of halogens is 1. The molecule has 2 aromatic rings. The average molecular weight is 671 g/mol. The smallest absolute Gasteiger partial charge is 0.411 e. The van der Waals surface area contributed by atoms with Crippen LogP contribution in [0.3, 0.4) is 0 Å². The van der Waals surface area contributed by atoms with E-state index in [2.05, 4.69) is 20.5 Å². The number of ether oxygens (including phenoxy) is 1. The fourth-order valence-electron chi connectivity index (χ4n) is 6.54. The largest absolute Gasteiger partial charge is 0.446 e. The summed E-state index contributed by atoms with van der Waals surface area (Å²) in [7, 11) is -2.20. The van der Waals surface area contributed by atoms with Crippen molar-refractivity contribution < 1.29 is 36.7 Å². The second-order valence-electron chi connectivity index (χ2n) is 13.0. The molecule has 4 aliphatic rings. The number of allylic oxidation sites excluding steroid dienone is 1. The van der Waals surface area contributed by atoms with Gasteiger partial charge in [-0.25, -0.2) is 22.3 Å². The second-order valence-corrected chi connectivity index (χ2v) is 15.0. The Morgan fingerprint density at radius 2 is 1.89 bits per heavy atom. The summed E-state index contributed by atoms with van der Waals surface area (Å²) in [4.78, 5) is 55.6. The Kier molecular flexibility index (Phi) is 8.85. The van der Waals surface area contributed by atoms with Gasteiger partial charge in [0, 0.05) is 25.7 Å². The van der Waals surface area contributed by atoms with E-state index in [0.29, 0.717) is 31.5 Å². The molecular weight excluding hydrogens is 631 g/mol. The van der Waals surface area contributed by atoms with Crippen molar-refractivity contribution in [3.63, 3.8) is 0 Å². The molecule has 1 aromatic carbocycles. The first-order chi connectivity index (χ1) is 22.4. The zero-order chi connectivity index (χ0) is 33.5. The number of aryl methyl sites for hydroxylation is 1. The highest BCUT2D eigenvalue weighted by Crippen LogP contribution is 2.47. The maximum absolute atomic E-state index is 14.2. The van der Waals surface area contributed by atoms with Gasteiger partial charge in [-0.1, -0.05) is 12.2 Å². The van der Waals surface area contributed by atoms with Gasteiger partial charge in [0.15, 0.2) is 0 Å². The summed E-state index contributed by atoms with van der Waals surface area (Å²) in [6.07, 6.45) is 7.14. The van der Waals surface area contributed by atoms with E-state index in [1.165, 1.54) is 16.8 Å². The minimum Gasteiger partial charge on any atom is -0.446 e. The maximum atomic E-state index is 14.2. The number of nitrogens with zero attached hydrogens (tertiary/aromatic N) is 3. The van der Waals surface area contributed by atoms with Gasteiger partial charge in [0.1, 0.15) is 17.5 Å². The van der Waals surface area contributed by atoms with Crippen molar-refractivity contribution in [2.45, 2.75) is 75.2 Å². The van der Waals surface area contributed by atoms with Gasteiger partial charge in [0.25, 0.3) is 5.91 Å². The molecule has 3 aliphatic carbocycles. The van der Waals surface area contributed by atoms with E-state index in [9.17, 15) is 32.0 Å². The Labute approximate surface area is 272 Å². The van der Waals surface area contributed by atoms with E-state index in [0.717, 1.165) is 24.6 Å². The summed E-state index contributed by atoms with van der Waals surface area (Å²) in [6, 6.07) is 5.61. The van der Waals surface area contributed by atoms with Crippen LogP contribution < -0.4 is 15.4 Å². The van der Waals surface area contributed by atoms with Crippen LogP contribution in [0, 0.1) is 30.5 Å². The monoisotopic (exact) mass is 670 g/mol. The Bertz CT molecular complexity index is 1720. The van der Waals surface area contributed by atoms with Crippen molar-refractivity contribution in [1.82, 2.24) is 24.7 Å². The lowest BCUT2D eigenvalue weighted by Crippen LogP contribution is -2.54. The second kappa shape index (κ2) is 12.7. The van der Waals surface area contributed by atoms with Gasteiger partial charge < -0.3 is 15.0 Å². The zero-order valence-corrected chi connectivity index (χ0v) is 27.1. The number of amides is 4. The topological polar surface area (TPSA) is 169 Å². The van der Waals surface area contributed by atoms with E-state index in [-0.39, 0.29) is 30.9 Å². The Morgan fingerprint density at radius 3 is 2.62 bits per heavy atom. The predicted molar refractivity (Wildman–Crippen MR) is 168 cm³/mol. The lowest BCUT2D eigenvalue weighted by molar-refractivity contribution is -0.140. The molecule has 6 rings (SSSR count). The molecule has 0 saturated heterocycles. The summed E-state index contributed by atoms with van der Waals surface area (Å²) in [5.41, 5.74) is -0.218. The summed E-state index contributed by atoms with van der Waals surface area (Å²) in [5, 5.41) is 9.08. The first-order valence-corrected chi connectivity index (χ1v) is 17.5. The molecule has 4 amide bonds. The minimum atomic E-state index is -3.86. The van der Waals surface area contributed by atoms with Crippen molar-refractivity contribution in [2.75, 3.05) is 18.9 Å². The minimum absolute atomic E-state index is 0.00354. The normalized spacial score (nSPS) is 28.7. The summed E-state index contributed by atoms with van der Waals surface area (Å²) in [5.74, 6) is -4.44. The third-order valence-corrected chi connectivity index (χ3v) is 11.3. The molecule has 13 nitrogen and oxygen atoms in total. The third-order valence-electron chi connectivity index (χ3n) is 9.43. The number of aromatic nitrogens is 2. The molecule has 3 fully saturated rings. The molecule has 2 heterocycles. The average Bonchev–Trinajstić information content (AvgIpc) is 3.90. The zero-order valence-electron chi connectivity index (χ0n) is 26.3. The first kappa shape index (κ1) is 32.7. The van der Waals surface area contributed by atoms with Crippen LogP contribution in [0.15, 0.2) is 42.6 Å². The molecule has 15 heteroatoms. The number of carbonyl (C=O) groups is 4. The van der Waals surface area contributed by atoms with Gasteiger partial charge in [0.05, 0.1) is 34.2 Å². The number of rotatable bonds is 6. The number of nitrogens with one attached hydrogen (secondary N) is 3. The van der Waals surface area contributed by atoms with Crippen molar-refractivity contribution in [1.29, 1.82) is 0 Å². The molecule has 0 spiro atoms. The van der Waals surface area contributed by atoms with E-state index in [4.69, 9.17) is 4.74 Å². The predicted octanol–water partition coefficient (Wildman–Crippen LogP) is 2.94. The highest BCUT2D eigenvalue weighted by atomic mass is 32.2. The van der Waals surface area contributed by atoms with Gasteiger partial charge >= 0.3 is 6.09 Å². The molecule has 0 radical (unpaired) electrons. The van der Waals surface area contributed by atoms with E-state index in [1.807, 2.05) is 12.2 Å².